The molecule has 0 aliphatic rings. The lowest BCUT2D eigenvalue weighted by Gasteiger charge is -2.11. The smallest absolute Gasteiger partial charge is 0.321 e. The summed E-state index contributed by atoms with van der Waals surface area (Å²) < 4.78 is 9.61. The first-order valence-electron chi connectivity index (χ1n) is 5.33. The highest BCUT2D eigenvalue weighted by molar-refractivity contribution is 9.10. The molecule has 0 radical (unpaired) electrons. The van der Waals surface area contributed by atoms with Crippen molar-refractivity contribution in [1.29, 1.82) is 0 Å². The highest BCUT2D eigenvalue weighted by Crippen LogP contribution is 2.22. The standard InChI is InChI=1S/C12H13BrClNO4/c1-18-10-4-3-7(14)5-8(10)11(16)15-6-9(13)12(17)19-2/h3-5,9H,6H2,1-2H3,(H,15,16). The summed E-state index contributed by atoms with van der Waals surface area (Å²) in [6.45, 7) is 0.0984. The van der Waals surface area contributed by atoms with Crippen molar-refractivity contribution in [3.8, 4) is 5.75 Å². The number of amides is 1. The third-order valence-electron chi connectivity index (χ3n) is 2.30. The first-order chi connectivity index (χ1) is 8.99. The van der Waals surface area contributed by atoms with Crippen molar-refractivity contribution < 1.29 is 19.1 Å². The molecule has 0 aromatic heterocycles. The van der Waals surface area contributed by atoms with E-state index in [1.54, 1.807) is 12.1 Å². The molecule has 0 saturated carbocycles. The van der Waals surface area contributed by atoms with E-state index in [0.717, 1.165) is 0 Å². The van der Waals surface area contributed by atoms with E-state index < -0.39 is 10.8 Å². The molecule has 1 aromatic rings. The minimum atomic E-state index is -0.605. The summed E-state index contributed by atoms with van der Waals surface area (Å²) in [4.78, 5) is 22.5. The van der Waals surface area contributed by atoms with Gasteiger partial charge in [0.2, 0.25) is 0 Å². The van der Waals surface area contributed by atoms with Gasteiger partial charge in [0, 0.05) is 11.6 Å². The zero-order valence-corrected chi connectivity index (χ0v) is 12.7. The zero-order valence-electron chi connectivity index (χ0n) is 10.4. The molecule has 0 fully saturated rings. The molecule has 5 nitrogen and oxygen atoms in total. The van der Waals surface area contributed by atoms with Crippen LogP contribution in [0.25, 0.3) is 0 Å². The lowest BCUT2D eigenvalue weighted by atomic mass is 10.2. The van der Waals surface area contributed by atoms with Gasteiger partial charge >= 0.3 is 5.97 Å². The lowest BCUT2D eigenvalue weighted by Crippen LogP contribution is -2.34. The maximum atomic E-state index is 12.0. The van der Waals surface area contributed by atoms with E-state index in [9.17, 15) is 9.59 Å². The number of hydrogen-bond acceptors (Lipinski definition) is 4. The molecule has 19 heavy (non-hydrogen) atoms. The maximum absolute atomic E-state index is 12.0. The Morgan fingerprint density at radius 1 is 1.42 bits per heavy atom. The third kappa shape index (κ3) is 4.40. The van der Waals surface area contributed by atoms with Gasteiger partial charge in [0.1, 0.15) is 10.6 Å². The molecule has 0 spiro atoms. The number of hydrogen-bond donors (Lipinski definition) is 1. The summed E-state index contributed by atoms with van der Waals surface area (Å²) in [7, 11) is 2.74. The van der Waals surface area contributed by atoms with Crippen LogP contribution in [0.15, 0.2) is 18.2 Å². The van der Waals surface area contributed by atoms with Crippen LogP contribution in [0.1, 0.15) is 10.4 Å². The second kappa shape index (κ2) is 7.35. The van der Waals surface area contributed by atoms with Gasteiger partial charge in [-0.1, -0.05) is 27.5 Å². The molecule has 1 N–H and O–H groups in total. The number of esters is 1. The van der Waals surface area contributed by atoms with Crippen molar-refractivity contribution in [2.24, 2.45) is 0 Å². The van der Waals surface area contributed by atoms with Crippen molar-refractivity contribution in [1.82, 2.24) is 5.32 Å². The highest BCUT2D eigenvalue weighted by atomic mass is 79.9. The second-order valence-electron chi connectivity index (χ2n) is 3.55. The summed E-state index contributed by atoms with van der Waals surface area (Å²) in [5, 5.41) is 3.02. The van der Waals surface area contributed by atoms with E-state index >= 15 is 0 Å². The fraction of sp³-hybridized carbons (Fsp3) is 0.333. The largest absolute Gasteiger partial charge is 0.496 e. The van der Waals surface area contributed by atoms with Gasteiger partial charge in [-0.25, -0.2) is 0 Å². The van der Waals surface area contributed by atoms with Crippen LogP contribution in [-0.2, 0) is 9.53 Å². The molecule has 1 unspecified atom stereocenters. The maximum Gasteiger partial charge on any atom is 0.321 e. The average molecular weight is 351 g/mol. The predicted molar refractivity (Wildman–Crippen MR) is 75.1 cm³/mol. The van der Waals surface area contributed by atoms with Crippen LogP contribution in [-0.4, -0.2) is 37.5 Å². The zero-order chi connectivity index (χ0) is 14.4. The summed E-state index contributed by atoms with van der Waals surface area (Å²) in [6.07, 6.45) is 0. The van der Waals surface area contributed by atoms with Crippen molar-refractivity contribution in [2.75, 3.05) is 20.8 Å². The van der Waals surface area contributed by atoms with Gasteiger partial charge in [-0.2, -0.15) is 0 Å². The predicted octanol–water partition coefficient (Wildman–Crippen LogP) is 2.01. The number of methoxy groups -OCH3 is 2. The van der Waals surface area contributed by atoms with Crippen LogP contribution >= 0.6 is 27.5 Å². The normalized spacial score (nSPS) is 11.6. The Hall–Kier alpha value is -1.27. The van der Waals surface area contributed by atoms with Crippen molar-refractivity contribution in [3.05, 3.63) is 28.8 Å². The van der Waals surface area contributed by atoms with Crippen LogP contribution in [0.5, 0.6) is 5.75 Å². The molecule has 1 rings (SSSR count). The van der Waals surface area contributed by atoms with E-state index in [1.807, 2.05) is 0 Å². The van der Waals surface area contributed by atoms with Crippen LogP contribution in [0, 0.1) is 0 Å². The summed E-state index contributed by atoms with van der Waals surface area (Å²) in [5.74, 6) is -0.433. The molecule has 0 aliphatic heterocycles. The quantitative estimate of drug-likeness (QED) is 0.652. The Bertz CT molecular complexity index is 481. The van der Waals surface area contributed by atoms with E-state index in [0.29, 0.717) is 16.3 Å². The molecule has 0 saturated heterocycles. The fourth-order valence-corrected chi connectivity index (χ4v) is 1.87. The van der Waals surface area contributed by atoms with E-state index in [2.05, 4.69) is 26.0 Å². The summed E-state index contributed by atoms with van der Waals surface area (Å²) in [5.41, 5.74) is 0.305. The molecular weight excluding hydrogens is 337 g/mol. The van der Waals surface area contributed by atoms with Crippen molar-refractivity contribution in [2.45, 2.75) is 4.83 Å². The molecule has 7 heteroatoms. The summed E-state index contributed by atoms with van der Waals surface area (Å²) in [6, 6.07) is 4.72. The first kappa shape index (κ1) is 15.8. The Labute approximate surface area is 124 Å². The highest BCUT2D eigenvalue weighted by Gasteiger charge is 2.18. The van der Waals surface area contributed by atoms with Crippen LogP contribution < -0.4 is 10.1 Å². The van der Waals surface area contributed by atoms with Gasteiger partial charge in [-0.15, -0.1) is 0 Å². The van der Waals surface area contributed by atoms with E-state index in [1.165, 1.54) is 20.3 Å². The Morgan fingerprint density at radius 2 is 2.11 bits per heavy atom. The van der Waals surface area contributed by atoms with Gasteiger partial charge in [0.25, 0.3) is 5.91 Å². The number of rotatable bonds is 5. The minimum absolute atomic E-state index is 0.0984. The first-order valence-corrected chi connectivity index (χ1v) is 6.62. The van der Waals surface area contributed by atoms with Gasteiger partial charge in [-0.3, -0.25) is 9.59 Å². The Morgan fingerprint density at radius 3 is 2.68 bits per heavy atom. The van der Waals surface area contributed by atoms with E-state index in [4.69, 9.17) is 16.3 Å². The van der Waals surface area contributed by atoms with Crippen LogP contribution in [0.3, 0.4) is 0 Å². The molecular formula is C12H13BrClNO4. The molecule has 104 valence electrons. The number of ether oxygens (including phenoxy) is 2. The topological polar surface area (TPSA) is 64.6 Å². The number of benzene rings is 1. The van der Waals surface area contributed by atoms with Crippen LogP contribution in [0.4, 0.5) is 0 Å². The molecule has 0 bridgehead atoms. The molecule has 0 aliphatic carbocycles. The number of carbonyl (C=O) groups excluding carboxylic acids is 2. The SMILES string of the molecule is COC(=O)C(Br)CNC(=O)c1cc(Cl)ccc1OC. The fourth-order valence-electron chi connectivity index (χ4n) is 1.35. The Kier molecular flexibility index (Phi) is 6.11. The third-order valence-corrected chi connectivity index (χ3v) is 3.24. The number of carbonyl (C=O) groups is 2. The lowest BCUT2D eigenvalue weighted by molar-refractivity contribution is -0.139. The molecule has 0 heterocycles. The average Bonchev–Trinajstić information content (AvgIpc) is 2.43. The molecule has 1 aromatic carbocycles. The van der Waals surface area contributed by atoms with Crippen molar-refractivity contribution >= 4 is 39.4 Å². The van der Waals surface area contributed by atoms with E-state index in [-0.39, 0.29) is 12.5 Å². The monoisotopic (exact) mass is 349 g/mol. The Balaban J connectivity index is 2.73. The van der Waals surface area contributed by atoms with Gasteiger partial charge in [-0.05, 0) is 18.2 Å². The minimum Gasteiger partial charge on any atom is -0.496 e. The van der Waals surface area contributed by atoms with Gasteiger partial charge < -0.3 is 14.8 Å². The number of alkyl halides is 1. The summed E-state index contributed by atoms with van der Waals surface area (Å²) >= 11 is 8.94. The molecule has 1 atom stereocenters. The number of nitrogens with one attached hydrogen (secondary N) is 1. The van der Waals surface area contributed by atoms with Gasteiger partial charge in [0.15, 0.2) is 0 Å². The number of halogens is 2. The second-order valence-corrected chi connectivity index (χ2v) is 5.09. The van der Waals surface area contributed by atoms with Crippen molar-refractivity contribution in [3.63, 3.8) is 0 Å². The molecule has 1 amide bonds. The van der Waals surface area contributed by atoms with Crippen LogP contribution in [0.2, 0.25) is 5.02 Å². The van der Waals surface area contributed by atoms with Gasteiger partial charge in [0.05, 0.1) is 19.8 Å².